The molecule has 0 aromatic heterocycles. The van der Waals surface area contributed by atoms with Gasteiger partial charge in [-0.2, -0.15) is 44.8 Å². The molecule has 160 valence electrons. The number of hydrogen-bond donors (Lipinski definition) is 0. The molecule has 0 bridgehead atoms. The van der Waals surface area contributed by atoms with E-state index in [1.165, 1.54) is 0 Å². The highest BCUT2D eigenvalue weighted by Crippen LogP contribution is 2.57. The Balaban J connectivity index is 2.60. The van der Waals surface area contributed by atoms with Crippen LogP contribution in [0.3, 0.4) is 0 Å². The lowest BCUT2D eigenvalue weighted by Crippen LogP contribution is -2.64. The van der Waals surface area contributed by atoms with E-state index in [0.29, 0.717) is 30.9 Å². The fourth-order valence-electron chi connectivity index (χ4n) is 3.35. The molecule has 0 fully saturated rings. The standard InChI is InChI=1S/C18H14F9NO/c1-9-4-2-3-5-11(9)12-7-6-10(8-28)13(14(12)29)15(19,20)16(21,22)17(23,24)18(25,26)27/h6-7,13H,2-5H2,1H3. The van der Waals surface area contributed by atoms with Gasteiger partial charge in [-0.25, -0.2) is 0 Å². The third-order valence-electron chi connectivity index (χ3n) is 5.00. The summed E-state index contributed by atoms with van der Waals surface area (Å²) in [5.41, 5.74) is -0.993. The summed E-state index contributed by atoms with van der Waals surface area (Å²) in [5, 5.41) is 8.92. The van der Waals surface area contributed by atoms with E-state index in [9.17, 15) is 44.3 Å². The number of nitrogens with zero attached hydrogens (tertiary/aromatic N) is 1. The van der Waals surface area contributed by atoms with Crippen LogP contribution in [0.2, 0.25) is 0 Å². The van der Waals surface area contributed by atoms with Crippen LogP contribution in [0.4, 0.5) is 39.5 Å². The lowest BCUT2D eigenvalue weighted by atomic mass is 9.74. The number of halogens is 9. The molecule has 1 atom stereocenters. The van der Waals surface area contributed by atoms with E-state index in [-0.39, 0.29) is 12.0 Å². The largest absolute Gasteiger partial charge is 0.460 e. The Morgan fingerprint density at radius 1 is 0.931 bits per heavy atom. The van der Waals surface area contributed by atoms with Crippen molar-refractivity contribution in [2.75, 3.05) is 0 Å². The summed E-state index contributed by atoms with van der Waals surface area (Å²) < 4.78 is 120. The number of ketones is 1. The Hall–Kier alpha value is -2.25. The van der Waals surface area contributed by atoms with Gasteiger partial charge in [0.05, 0.1) is 6.07 Å². The molecule has 2 nitrogen and oxygen atoms in total. The zero-order valence-electron chi connectivity index (χ0n) is 14.8. The van der Waals surface area contributed by atoms with Crippen LogP contribution in [0, 0.1) is 17.2 Å². The number of alkyl halides is 9. The van der Waals surface area contributed by atoms with Crippen LogP contribution in [-0.2, 0) is 4.79 Å². The summed E-state index contributed by atoms with van der Waals surface area (Å²) in [6.45, 7) is 1.56. The zero-order chi connectivity index (χ0) is 22.4. The summed E-state index contributed by atoms with van der Waals surface area (Å²) in [5.74, 6) is -25.6. The minimum atomic E-state index is -7.13. The van der Waals surface area contributed by atoms with Crippen molar-refractivity contribution in [3.8, 4) is 6.07 Å². The van der Waals surface area contributed by atoms with Crippen molar-refractivity contribution < 1.29 is 44.3 Å². The van der Waals surface area contributed by atoms with E-state index in [0.717, 1.165) is 12.1 Å². The molecular formula is C18H14F9NO. The number of Topliss-reactive ketones (excluding diaryl/α,β-unsaturated/α-hetero) is 1. The first-order valence-electron chi connectivity index (χ1n) is 8.36. The second kappa shape index (κ2) is 7.22. The van der Waals surface area contributed by atoms with Crippen LogP contribution < -0.4 is 0 Å². The van der Waals surface area contributed by atoms with Gasteiger partial charge >= 0.3 is 23.9 Å². The Morgan fingerprint density at radius 3 is 1.97 bits per heavy atom. The SMILES string of the molecule is CC1=C(C2=CC=C(C#N)C(C(F)(F)C(F)(F)C(F)(F)C(F)(F)F)C2=O)CCCC1. The highest BCUT2D eigenvalue weighted by atomic mass is 19.4. The predicted octanol–water partition coefficient (Wildman–Crippen LogP) is 5.92. The topological polar surface area (TPSA) is 40.9 Å². The average Bonchev–Trinajstić information content (AvgIpc) is 2.60. The number of nitriles is 1. The van der Waals surface area contributed by atoms with Gasteiger partial charge in [-0.1, -0.05) is 11.6 Å². The Bertz CT molecular complexity index is 840. The molecule has 0 radical (unpaired) electrons. The monoisotopic (exact) mass is 431 g/mol. The number of hydrogen-bond acceptors (Lipinski definition) is 2. The molecule has 0 saturated carbocycles. The minimum Gasteiger partial charge on any atom is -0.293 e. The molecule has 0 N–H and O–H groups in total. The number of rotatable bonds is 4. The Labute approximate surface area is 159 Å². The minimum absolute atomic E-state index is 0.215. The molecule has 0 aromatic carbocycles. The fraction of sp³-hybridized carbons (Fsp3) is 0.556. The van der Waals surface area contributed by atoms with Crippen molar-refractivity contribution in [2.24, 2.45) is 5.92 Å². The molecule has 0 saturated heterocycles. The van der Waals surface area contributed by atoms with Gasteiger partial charge in [-0.3, -0.25) is 4.79 Å². The highest BCUT2D eigenvalue weighted by molar-refractivity contribution is 6.05. The second-order valence-electron chi connectivity index (χ2n) is 6.85. The van der Waals surface area contributed by atoms with Gasteiger partial charge in [0.1, 0.15) is 5.92 Å². The van der Waals surface area contributed by atoms with Gasteiger partial charge in [-0.05, 0) is 44.3 Å². The van der Waals surface area contributed by atoms with Gasteiger partial charge in [0.15, 0.2) is 5.78 Å². The third kappa shape index (κ3) is 3.46. The number of carbonyl (C=O) groups excluding carboxylic acids is 1. The van der Waals surface area contributed by atoms with Crippen molar-refractivity contribution >= 4 is 5.78 Å². The van der Waals surface area contributed by atoms with E-state index < -0.39 is 46.8 Å². The average molecular weight is 431 g/mol. The van der Waals surface area contributed by atoms with Gasteiger partial charge < -0.3 is 0 Å². The predicted molar refractivity (Wildman–Crippen MR) is 82.3 cm³/mol. The summed E-state index contributed by atoms with van der Waals surface area (Å²) >= 11 is 0. The van der Waals surface area contributed by atoms with Gasteiger partial charge in [0.2, 0.25) is 0 Å². The first-order valence-corrected chi connectivity index (χ1v) is 8.36. The molecule has 2 aliphatic carbocycles. The molecule has 29 heavy (non-hydrogen) atoms. The van der Waals surface area contributed by atoms with E-state index in [2.05, 4.69) is 0 Å². The number of carbonyl (C=O) groups is 1. The van der Waals surface area contributed by atoms with Crippen LogP contribution in [-0.4, -0.2) is 29.7 Å². The van der Waals surface area contributed by atoms with Gasteiger partial charge in [0.25, 0.3) is 0 Å². The molecular weight excluding hydrogens is 417 g/mol. The van der Waals surface area contributed by atoms with Crippen LogP contribution >= 0.6 is 0 Å². The molecule has 0 aromatic rings. The van der Waals surface area contributed by atoms with Crippen molar-refractivity contribution in [3.05, 3.63) is 34.4 Å². The Morgan fingerprint density at radius 2 is 1.48 bits per heavy atom. The maximum Gasteiger partial charge on any atom is 0.460 e. The van der Waals surface area contributed by atoms with E-state index in [1.54, 1.807) is 6.92 Å². The zero-order valence-corrected chi connectivity index (χ0v) is 14.8. The molecule has 2 aliphatic rings. The summed E-state index contributed by atoms with van der Waals surface area (Å²) in [6.07, 6.45) is -3.56. The maximum absolute atomic E-state index is 14.5. The van der Waals surface area contributed by atoms with E-state index in [4.69, 9.17) is 5.26 Å². The molecule has 0 spiro atoms. The lowest BCUT2D eigenvalue weighted by Gasteiger charge is -2.38. The van der Waals surface area contributed by atoms with Crippen LogP contribution in [0.25, 0.3) is 0 Å². The lowest BCUT2D eigenvalue weighted by molar-refractivity contribution is -0.399. The smallest absolute Gasteiger partial charge is 0.293 e. The van der Waals surface area contributed by atoms with E-state index >= 15 is 0 Å². The number of allylic oxidation sites excluding steroid dienone is 6. The molecule has 11 heteroatoms. The summed E-state index contributed by atoms with van der Waals surface area (Å²) in [7, 11) is 0. The van der Waals surface area contributed by atoms with Crippen LogP contribution in [0.1, 0.15) is 32.6 Å². The normalized spacial score (nSPS) is 22.2. The quantitative estimate of drug-likeness (QED) is 0.519. The first-order chi connectivity index (χ1) is 13.1. The molecule has 0 aliphatic heterocycles. The van der Waals surface area contributed by atoms with Gasteiger partial charge in [-0.15, -0.1) is 0 Å². The maximum atomic E-state index is 14.5. The van der Waals surface area contributed by atoms with Crippen molar-refractivity contribution in [1.29, 1.82) is 5.26 Å². The van der Waals surface area contributed by atoms with Gasteiger partial charge in [0, 0.05) is 11.1 Å². The van der Waals surface area contributed by atoms with Crippen LogP contribution in [0.5, 0.6) is 0 Å². The highest BCUT2D eigenvalue weighted by Gasteiger charge is 2.83. The molecule has 2 rings (SSSR count). The third-order valence-corrected chi connectivity index (χ3v) is 5.00. The fourth-order valence-corrected chi connectivity index (χ4v) is 3.35. The first kappa shape index (κ1) is 23.0. The Kier molecular flexibility index (Phi) is 5.73. The van der Waals surface area contributed by atoms with Crippen molar-refractivity contribution in [3.63, 3.8) is 0 Å². The summed E-state index contributed by atoms with van der Waals surface area (Å²) in [6, 6.07) is 1.03. The van der Waals surface area contributed by atoms with E-state index in [1.807, 2.05) is 0 Å². The van der Waals surface area contributed by atoms with Crippen molar-refractivity contribution in [1.82, 2.24) is 0 Å². The van der Waals surface area contributed by atoms with Crippen LogP contribution in [0.15, 0.2) is 34.4 Å². The van der Waals surface area contributed by atoms with Crippen molar-refractivity contribution in [2.45, 2.75) is 56.6 Å². The molecule has 0 heterocycles. The second-order valence-corrected chi connectivity index (χ2v) is 6.85. The molecule has 0 amide bonds. The summed E-state index contributed by atoms with van der Waals surface area (Å²) in [4.78, 5) is 12.6. The molecule has 1 unspecified atom stereocenters.